The van der Waals surface area contributed by atoms with Crippen LogP contribution in [-0.2, 0) is 32.7 Å². The molecule has 332 valence electrons. The van der Waals surface area contributed by atoms with E-state index in [1.165, 1.54) is 25.7 Å². The van der Waals surface area contributed by atoms with Crippen LogP contribution in [0.1, 0.15) is 155 Å². The number of phosphoric ester groups is 1. The molecule has 0 aliphatic rings. The molecule has 9 nitrogen and oxygen atoms in total. The Labute approximate surface area is 354 Å². The molecule has 0 amide bonds. The van der Waals surface area contributed by atoms with E-state index >= 15 is 0 Å². The van der Waals surface area contributed by atoms with Crippen molar-refractivity contribution in [3.63, 3.8) is 0 Å². The van der Waals surface area contributed by atoms with Gasteiger partial charge in [0, 0.05) is 12.8 Å². The maximum Gasteiger partial charge on any atom is 0.472 e. The molecule has 0 saturated carbocycles. The van der Waals surface area contributed by atoms with Crippen molar-refractivity contribution >= 4 is 19.8 Å². The SMILES string of the molecule is CC/C=C\C/C=C\C/C=C\C/C=C\CCCCCCCCCCC(=O)OC(COC(=O)CCCCC/C=C\C/C=C\C/C=C\CC)COP(=O)(O)OCC[N+](C)(C)C. The van der Waals surface area contributed by atoms with Gasteiger partial charge in [-0.2, -0.15) is 0 Å². The summed E-state index contributed by atoms with van der Waals surface area (Å²) in [6.07, 6.45) is 50.6. The fourth-order valence-corrected chi connectivity index (χ4v) is 6.23. The molecule has 1 N–H and O–H groups in total. The Bertz CT molecular complexity index is 1260. The van der Waals surface area contributed by atoms with Crippen LogP contribution in [0.25, 0.3) is 0 Å². The molecule has 2 unspecified atom stereocenters. The molecule has 0 aromatic carbocycles. The first-order valence-corrected chi connectivity index (χ1v) is 23.8. The molecule has 0 aliphatic carbocycles. The highest BCUT2D eigenvalue weighted by molar-refractivity contribution is 7.47. The number of quaternary nitrogens is 1. The van der Waals surface area contributed by atoms with Gasteiger partial charge in [0.1, 0.15) is 19.8 Å². The smallest absolute Gasteiger partial charge is 0.462 e. The Kier molecular flexibility index (Phi) is 37.7. The third kappa shape index (κ3) is 42.8. The van der Waals surface area contributed by atoms with Crippen LogP contribution in [0.2, 0.25) is 0 Å². The summed E-state index contributed by atoms with van der Waals surface area (Å²) in [4.78, 5) is 35.4. The zero-order chi connectivity index (χ0) is 42.8. The Morgan fingerprint density at radius 1 is 0.534 bits per heavy atom. The van der Waals surface area contributed by atoms with Crippen LogP contribution in [0.15, 0.2) is 85.1 Å². The number of carbonyl (C=O) groups is 2. The van der Waals surface area contributed by atoms with E-state index in [4.69, 9.17) is 18.5 Å². The van der Waals surface area contributed by atoms with Gasteiger partial charge in [-0.3, -0.25) is 18.6 Å². The van der Waals surface area contributed by atoms with Crippen LogP contribution in [0.4, 0.5) is 0 Å². The van der Waals surface area contributed by atoms with Gasteiger partial charge in [0.2, 0.25) is 0 Å². The van der Waals surface area contributed by atoms with Crippen LogP contribution < -0.4 is 0 Å². The van der Waals surface area contributed by atoms with Gasteiger partial charge < -0.3 is 18.9 Å². The largest absolute Gasteiger partial charge is 0.472 e. The van der Waals surface area contributed by atoms with Gasteiger partial charge in [-0.05, 0) is 83.5 Å². The number of hydrogen-bond acceptors (Lipinski definition) is 7. The third-order valence-corrected chi connectivity index (χ3v) is 9.90. The van der Waals surface area contributed by atoms with Crippen molar-refractivity contribution in [2.75, 3.05) is 47.5 Å². The first kappa shape index (κ1) is 55.2. The highest BCUT2D eigenvalue weighted by Gasteiger charge is 2.27. The number of carbonyl (C=O) groups excluding carboxylic acids is 2. The monoisotopic (exact) mass is 833 g/mol. The summed E-state index contributed by atoms with van der Waals surface area (Å²) in [5.74, 6) is -0.851. The van der Waals surface area contributed by atoms with Gasteiger partial charge in [0.15, 0.2) is 6.10 Å². The fraction of sp³-hybridized carbons (Fsp3) is 0.667. The van der Waals surface area contributed by atoms with Crippen LogP contribution in [0.5, 0.6) is 0 Å². The van der Waals surface area contributed by atoms with Gasteiger partial charge in [0.25, 0.3) is 0 Å². The summed E-state index contributed by atoms with van der Waals surface area (Å²) < 4.78 is 34.3. The van der Waals surface area contributed by atoms with E-state index in [0.717, 1.165) is 89.9 Å². The van der Waals surface area contributed by atoms with Gasteiger partial charge >= 0.3 is 19.8 Å². The maximum atomic E-state index is 12.7. The summed E-state index contributed by atoms with van der Waals surface area (Å²) in [7, 11) is 1.44. The van der Waals surface area contributed by atoms with E-state index in [1.807, 2.05) is 21.1 Å². The van der Waals surface area contributed by atoms with E-state index in [2.05, 4.69) is 98.9 Å². The number of rotatable bonds is 39. The van der Waals surface area contributed by atoms with Crippen molar-refractivity contribution in [2.24, 2.45) is 0 Å². The molecule has 0 rings (SSSR count). The molecule has 0 saturated heterocycles. The Balaban J connectivity index is 4.38. The van der Waals surface area contributed by atoms with Crippen LogP contribution >= 0.6 is 7.82 Å². The van der Waals surface area contributed by atoms with Crippen molar-refractivity contribution in [3.05, 3.63) is 85.1 Å². The minimum atomic E-state index is -4.39. The van der Waals surface area contributed by atoms with Crippen LogP contribution in [0.3, 0.4) is 0 Å². The van der Waals surface area contributed by atoms with E-state index in [-0.39, 0.29) is 26.1 Å². The first-order valence-electron chi connectivity index (χ1n) is 22.3. The van der Waals surface area contributed by atoms with E-state index in [9.17, 15) is 19.0 Å². The lowest BCUT2D eigenvalue weighted by Crippen LogP contribution is -2.37. The molecule has 10 heteroatoms. The number of likely N-dealkylation sites (N-methyl/N-ethyl adjacent to an activating group) is 1. The summed E-state index contributed by atoms with van der Waals surface area (Å²) in [6, 6.07) is 0. The van der Waals surface area contributed by atoms with Crippen molar-refractivity contribution in [1.29, 1.82) is 0 Å². The average Bonchev–Trinajstić information content (AvgIpc) is 3.17. The molecule has 0 heterocycles. The highest BCUT2D eigenvalue weighted by Crippen LogP contribution is 2.43. The molecular formula is C48H83NO8P+. The zero-order valence-electron chi connectivity index (χ0n) is 37.2. The number of allylic oxidation sites excluding steroid dienone is 14. The Morgan fingerprint density at radius 3 is 1.40 bits per heavy atom. The molecule has 0 aromatic heterocycles. The van der Waals surface area contributed by atoms with Gasteiger partial charge in [-0.1, -0.05) is 144 Å². The molecule has 0 bridgehead atoms. The molecule has 0 aliphatic heterocycles. The predicted molar refractivity (Wildman–Crippen MR) is 242 cm³/mol. The second-order valence-corrected chi connectivity index (χ2v) is 17.1. The van der Waals surface area contributed by atoms with Crippen molar-refractivity contribution < 1.29 is 42.1 Å². The number of ether oxygens (including phenoxy) is 2. The van der Waals surface area contributed by atoms with Gasteiger partial charge in [-0.25, -0.2) is 4.57 Å². The van der Waals surface area contributed by atoms with Crippen molar-refractivity contribution in [3.8, 4) is 0 Å². The second kappa shape index (κ2) is 39.6. The van der Waals surface area contributed by atoms with E-state index in [0.29, 0.717) is 23.9 Å². The summed E-state index contributed by atoms with van der Waals surface area (Å²) >= 11 is 0. The fourth-order valence-electron chi connectivity index (χ4n) is 5.49. The van der Waals surface area contributed by atoms with Crippen LogP contribution in [-0.4, -0.2) is 74.9 Å². The molecule has 0 radical (unpaired) electrons. The number of esters is 2. The normalized spacial score (nSPS) is 14.4. The third-order valence-electron chi connectivity index (χ3n) is 8.92. The zero-order valence-corrected chi connectivity index (χ0v) is 38.1. The summed E-state index contributed by atoms with van der Waals surface area (Å²) in [5, 5.41) is 0. The van der Waals surface area contributed by atoms with Gasteiger partial charge in [-0.15, -0.1) is 0 Å². The first-order chi connectivity index (χ1) is 28.0. The molecule has 0 aromatic rings. The lowest BCUT2D eigenvalue weighted by atomic mass is 10.1. The average molecular weight is 833 g/mol. The predicted octanol–water partition coefficient (Wildman–Crippen LogP) is 12.8. The molecular weight excluding hydrogens is 750 g/mol. The minimum Gasteiger partial charge on any atom is -0.462 e. The quantitative estimate of drug-likeness (QED) is 0.0214. The number of phosphoric acid groups is 1. The Hall–Kier alpha value is -2.81. The summed E-state index contributed by atoms with van der Waals surface area (Å²) in [5.41, 5.74) is 0. The molecule has 2 atom stereocenters. The molecule has 0 spiro atoms. The number of nitrogens with zero attached hydrogens (tertiary/aromatic N) is 1. The maximum absolute atomic E-state index is 12.7. The topological polar surface area (TPSA) is 108 Å². The highest BCUT2D eigenvalue weighted by atomic mass is 31.2. The van der Waals surface area contributed by atoms with Gasteiger partial charge in [0.05, 0.1) is 27.7 Å². The minimum absolute atomic E-state index is 0.0204. The van der Waals surface area contributed by atoms with Crippen LogP contribution in [0, 0.1) is 0 Å². The van der Waals surface area contributed by atoms with E-state index in [1.54, 1.807) is 0 Å². The van der Waals surface area contributed by atoms with Crippen molar-refractivity contribution in [1.82, 2.24) is 0 Å². The lowest BCUT2D eigenvalue weighted by molar-refractivity contribution is -0.870. The molecule has 58 heavy (non-hydrogen) atoms. The summed E-state index contributed by atoms with van der Waals surface area (Å²) in [6.45, 7) is 4.13. The molecule has 0 fully saturated rings. The second-order valence-electron chi connectivity index (χ2n) is 15.7. The van der Waals surface area contributed by atoms with Crippen molar-refractivity contribution in [2.45, 2.75) is 161 Å². The lowest BCUT2D eigenvalue weighted by Gasteiger charge is -2.24. The Morgan fingerprint density at radius 2 is 0.931 bits per heavy atom. The number of hydrogen-bond donors (Lipinski definition) is 1. The standard InChI is InChI=1S/C48H82NO8P/c1-6-8-10-12-14-16-18-20-21-22-23-24-25-26-27-29-31-33-35-37-39-41-48(51)57-46(45-56-58(52,53)55-43-42-49(3,4)5)44-54-47(50)40-38-36-34-32-30-28-19-17-15-13-11-9-7-2/h8-11,14-17,20-21,23-24,28,30,46H,6-7,12-13,18-19,22,25-27,29,31-45H2,1-5H3/p+1/b10-8-,11-9-,16-14-,17-15-,21-20-,24-23-,30-28-. The van der Waals surface area contributed by atoms with E-state index < -0.39 is 32.5 Å². The number of unbranched alkanes of at least 4 members (excludes halogenated alkanes) is 11.